The second-order valence-corrected chi connectivity index (χ2v) is 6.93. The molecule has 0 saturated carbocycles. The maximum atomic E-state index is 12.9. The van der Waals surface area contributed by atoms with E-state index in [-0.39, 0.29) is 11.9 Å². The molecule has 2 aromatic rings. The van der Waals surface area contributed by atoms with Crippen LogP contribution in [0.1, 0.15) is 12.5 Å². The van der Waals surface area contributed by atoms with Crippen LogP contribution < -0.4 is 9.64 Å². The molecule has 1 heterocycles. The zero-order chi connectivity index (χ0) is 18.0. The number of methoxy groups -OCH3 is 1. The Hall–Kier alpha value is -1.75. The third kappa shape index (κ3) is 3.92. The van der Waals surface area contributed by atoms with E-state index in [4.69, 9.17) is 27.9 Å². The van der Waals surface area contributed by atoms with Gasteiger partial charge in [0.1, 0.15) is 5.75 Å². The van der Waals surface area contributed by atoms with Crippen molar-refractivity contribution in [3.8, 4) is 5.75 Å². The van der Waals surface area contributed by atoms with Crippen LogP contribution in [0.4, 0.5) is 5.69 Å². The van der Waals surface area contributed by atoms with Gasteiger partial charge < -0.3 is 9.64 Å². The molecule has 132 valence electrons. The molecule has 0 radical (unpaired) electrons. The van der Waals surface area contributed by atoms with E-state index in [9.17, 15) is 4.79 Å². The van der Waals surface area contributed by atoms with Crippen LogP contribution in [0.15, 0.2) is 42.5 Å². The van der Waals surface area contributed by atoms with Gasteiger partial charge in [0.2, 0.25) is 5.91 Å². The van der Waals surface area contributed by atoms with Gasteiger partial charge in [0, 0.05) is 24.7 Å². The number of carbonyl (C=O) groups excluding carboxylic acids is 1. The van der Waals surface area contributed by atoms with Gasteiger partial charge in [-0.05, 0) is 42.8 Å². The van der Waals surface area contributed by atoms with Gasteiger partial charge in [-0.1, -0.05) is 35.3 Å². The molecule has 0 aliphatic carbocycles. The van der Waals surface area contributed by atoms with Crippen LogP contribution in [0.3, 0.4) is 0 Å². The normalized spacial score (nSPS) is 18.5. The van der Waals surface area contributed by atoms with Crippen molar-refractivity contribution in [3.63, 3.8) is 0 Å². The van der Waals surface area contributed by atoms with E-state index >= 15 is 0 Å². The predicted octanol–water partition coefficient (Wildman–Crippen LogP) is 4.24. The van der Waals surface area contributed by atoms with Crippen molar-refractivity contribution in [2.75, 3.05) is 25.1 Å². The summed E-state index contributed by atoms with van der Waals surface area (Å²) in [6, 6.07) is 12.9. The van der Waals surface area contributed by atoms with Gasteiger partial charge in [0.15, 0.2) is 0 Å². The molecular weight excluding hydrogens is 359 g/mol. The van der Waals surface area contributed by atoms with E-state index in [2.05, 4.69) is 4.90 Å². The highest BCUT2D eigenvalue weighted by Crippen LogP contribution is 2.31. The topological polar surface area (TPSA) is 32.8 Å². The fourth-order valence-corrected chi connectivity index (χ4v) is 3.59. The molecule has 1 amide bonds. The number of benzene rings is 2. The van der Waals surface area contributed by atoms with Crippen LogP contribution in [0.25, 0.3) is 0 Å². The lowest BCUT2D eigenvalue weighted by molar-refractivity contribution is -0.125. The fraction of sp³-hybridized carbons (Fsp3) is 0.316. The number of nitrogens with zero attached hydrogens (tertiary/aromatic N) is 2. The van der Waals surface area contributed by atoms with Crippen molar-refractivity contribution >= 4 is 34.8 Å². The average molecular weight is 379 g/mol. The predicted molar refractivity (Wildman–Crippen MR) is 102 cm³/mol. The molecule has 0 spiro atoms. The Balaban J connectivity index is 1.74. The lowest BCUT2D eigenvalue weighted by Gasteiger charge is -2.39. The van der Waals surface area contributed by atoms with Gasteiger partial charge in [-0.15, -0.1) is 0 Å². The van der Waals surface area contributed by atoms with Gasteiger partial charge in [0.05, 0.1) is 23.9 Å². The van der Waals surface area contributed by atoms with Crippen LogP contribution in [0, 0.1) is 0 Å². The van der Waals surface area contributed by atoms with Crippen molar-refractivity contribution in [3.05, 3.63) is 58.1 Å². The highest BCUT2D eigenvalue weighted by Gasteiger charge is 2.33. The van der Waals surface area contributed by atoms with E-state index < -0.39 is 0 Å². The number of piperazine rings is 1. The summed E-state index contributed by atoms with van der Waals surface area (Å²) in [5.41, 5.74) is 1.83. The monoisotopic (exact) mass is 378 g/mol. The van der Waals surface area contributed by atoms with Crippen LogP contribution >= 0.6 is 23.2 Å². The summed E-state index contributed by atoms with van der Waals surface area (Å²) < 4.78 is 5.27. The van der Waals surface area contributed by atoms with Crippen LogP contribution in [0.5, 0.6) is 5.75 Å². The summed E-state index contributed by atoms with van der Waals surface area (Å²) in [4.78, 5) is 16.8. The van der Waals surface area contributed by atoms with Crippen molar-refractivity contribution in [1.82, 2.24) is 4.90 Å². The average Bonchev–Trinajstić information content (AvgIpc) is 2.60. The first-order chi connectivity index (χ1) is 12.0. The van der Waals surface area contributed by atoms with Crippen LogP contribution in [-0.2, 0) is 11.3 Å². The number of halogens is 2. The molecule has 0 aromatic heterocycles. The molecule has 4 nitrogen and oxygen atoms in total. The third-order valence-corrected chi connectivity index (χ3v) is 5.04. The number of hydrogen-bond acceptors (Lipinski definition) is 3. The van der Waals surface area contributed by atoms with Crippen molar-refractivity contribution in [1.29, 1.82) is 0 Å². The molecule has 1 atom stereocenters. The summed E-state index contributed by atoms with van der Waals surface area (Å²) in [5.74, 6) is 0.862. The lowest BCUT2D eigenvalue weighted by Crippen LogP contribution is -2.55. The quantitative estimate of drug-likeness (QED) is 0.797. The Morgan fingerprint density at radius 1 is 1.16 bits per heavy atom. The van der Waals surface area contributed by atoms with Crippen molar-refractivity contribution in [2.24, 2.45) is 0 Å². The number of ether oxygens (including phenoxy) is 1. The number of rotatable bonds is 4. The molecule has 25 heavy (non-hydrogen) atoms. The molecule has 1 saturated heterocycles. The second kappa shape index (κ2) is 7.65. The standard InChI is InChI=1S/C19H20Cl2N2O2/c1-13-19(24)23(18-7-6-15(20)11-17(18)21)9-8-22(13)12-14-4-3-5-16(10-14)25-2/h3-7,10-11,13H,8-9,12H2,1-2H3. The molecular formula is C19H20Cl2N2O2. The SMILES string of the molecule is COc1cccc(CN2CCN(c3ccc(Cl)cc3Cl)C(=O)C2C)c1. The third-order valence-electron chi connectivity index (χ3n) is 4.50. The largest absolute Gasteiger partial charge is 0.497 e. The first-order valence-electron chi connectivity index (χ1n) is 8.13. The number of hydrogen-bond donors (Lipinski definition) is 0. The van der Waals surface area contributed by atoms with Crippen LogP contribution in [-0.4, -0.2) is 37.0 Å². The maximum absolute atomic E-state index is 12.9. The van der Waals surface area contributed by atoms with E-state index in [1.165, 1.54) is 0 Å². The molecule has 0 N–H and O–H groups in total. The molecule has 0 bridgehead atoms. The Bertz CT molecular complexity index is 782. The van der Waals surface area contributed by atoms with E-state index in [0.29, 0.717) is 28.8 Å². The first-order valence-corrected chi connectivity index (χ1v) is 8.88. The van der Waals surface area contributed by atoms with Gasteiger partial charge in [-0.3, -0.25) is 9.69 Å². The summed E-state index contributed by atoms with van der Waals surface area (Å²) in [6.07, 6.45) is 0. The number of carbonyl (C=O) groups is 1. The van der Waals surface area contributed by atoms with Gasteiger partial charge in [0.25, 0.3) is 0 Å². The minimum Gasteiger partial charge on any atom is -0.497 e. The van der Waals surface area contributed by atoms with E-state index in [1.54, 1.807) is 30.2 Å². The summed E-state index contributed by atoms with van der Waals surface area (Å²) in [5, 5.41) is 1.06. The molecule has 1 aliphatic rings. The number of amides is 1. The summed E-state index contributed by atoms with van der Waals surface area (Å²) >= 11 is 12.2. The zero-order valence-electron chi connectivity index (χ0n) is 14.2. The van der Waals surface area contributed by atoms with E-state index in [1.807, 2.05) is 31.2 Å². The molecule has 6 heteroatoms. The highest BCUT2D eigenvalue weighted by atomic mass is 35.5. The molecule has 1 unspecified atom stereocenters. The van der Waals surface area contributed by atoms with Gasteiger partial charge >= 0.3 is 0 Å². The molecule has 1 aliphatic heterocycles. The molecule has 1 fully saturated rings. The van der Waals surface area contributed by atoms with Gasteiger partial charge in [-0.2, -0.15) is 0 Å². The number of anilines is 1. The summed E-state index contributed by atoms with van der Waals surface area (Å²) in [6.45, 7) is 3.99. The van der Waals surface area contributed by atoms with E-state index in [0.717, 1.165) is 17.9 Å². The van der Waals surface area contributed by atoms with Gasteiger partial charge in [-0.25, -0.2) is 0 Å². The second-order valence-electron chi connectivity index (χ2n) is 6.08. The smallest absolute Gasteiger partial charge is 0.244 e. The van der Waals surface area contributed by atoms with Crippen molar-refractivity contribution < 1.29 is 9.53 Å². The zero-order valence-corrected chi connectivity index (χ0v) is 15.7. The summed E-state index contributed by atoms with van der Waals surface area (Å²) in [7, 11) is 1.65. The Kier molecular flexibility index (Phi) is 5.52. The Morgan fingerprint density at radius 3 is 2.68 bits per heavy atom. The minimum absolute atomic E-state index is 0.0402. The molecule has 3 rings (SSSR count). The Labute approximate surface area is 157 Å². The van der Waals surface area contributed by atoms with Crippen LogP contribution in [0.2, 0.25) is 10.0 Å². The minimum atomic E-state index is -0.230. The van der Waals surface area contributed by atoms with Crippen molar-refractivity contribution in [2.45, 2.75) is 19.5 Å². The highest BCUT2D eigenvalue weighted by molar-refractivity contribution is 6.36. The lowest BCUT2D eigenvalue weighted by atomic mass is 10.1. The first kappa shape index (κ1) is 18.1. The molecule has 2 aromatic carbocycles. The maximum Gasteiger partial charge on any atom is 0.244 e. The Morgan fingerprint density at radius 2 is 1.96 bits per heavy atom. The fourth-order valence-electron chi connectivity index (χ4n) is 3.07.